The number of hydrogen-bond donors (Lipinski definition) is 2. The number of fused-ring (bicyclic) bond motifs is 1. The smallest absolute Gasteiger partial charge is 0.336 e. The van der Waals surface area contributed by atoms with Gasteiger partial charge in [-0.3, -0.25) is 4.90 Å². The lowest BCUT2D eigenvalue weighted by Crippen LogP contribution is -2.37. The summed E-state index contributed by atoms with van der Waals surface area (Å²) in [7, 11) is 1.40. The highest BCUT2D eigenvalue weighted by atomic mass is 16.5. The van der Waals surface area contributed by atoms with Crippen molar-refractivity contribution in [2.45, 2.75) is 12.8 Å². The van der Waals surface area contributed by atoms with Crippen LogP contribution in [0.3, 0.4) is 0 Å². The van der Waals surface area contributed by atoms with Crippen molar-refractivity contribution in [2.75, 3.05) is 26.7 Å². The molecule has 0 unspecified atom stereocenters. The number of aromatic nitrogens is 1. The summed E-state index contributed by atoms with van der Waals surface area (Å²) in [6, 6.07) is 8.30. The number of methoxy groups -OCH3 is 1. The van der Waals surface area contributed by atoms with Gasteiger partial charge in [0.15, 0.2) is 0 Å². The molecule has 0 saturated carbocycles. The van der Waals surface area contributed by atoms with Crippen molar-refractivity contribution >= 4 is 16.9 Å². The summed E-state index contributed by atoms with van der Waals surface area (Å²) < 4.78 is 4.81. The number of ether oxygens (including phenoxy) is 1. The number of nitrogens with zero attached hydrogens (tertiary/aromatic N) is 1. The van der Waals surface area contributed by atoms with E-state index in [0.29, 0.717) is 17.8 Å². The van der Waals surface area contributed by atoms with E-state index in [1.165, 1.54) is 18.1 Å². The number of nitrogens with two attached hydrogens (primary N) is 1. The molecule has 116 valence electrons. The Morgan fingerprint density at radius 3 is 3.05 bits per heavy atom. The summed E-state index contributed by atoms with van der Waals surface area (Å²) >= 11 is 0. The fraction of sp³-hybridized carbons (Fsp3) is 0.353. The van der Waals surface area contributed by atoms with Crippen molar-refractivity contribution in [3.8, 4) is 0 Å². The molecule has 0 bridgehead atoms. The van der Waals surface area contributed by atoms with Crippen molar-refractivity contribution in [1.29, 1.82) is 0 Å². The molecule has 0 radical (unpaired) electrons. The Morgan fingerprint density at radius 1 is 1.41 bits per heavy atom. The fourth-order valence-corrected chi connectivity index (χ4v) is 2.96. The van der Waals surface area contributed by atoms with Gasteiger partial charge in [0.1, 0.15) is 0 Å². The number of nitrogens with one attached hydrogen (secondary N) is 1. The maximum atomic E-state index is 11.7. The zero-order chi connectivity index (χ0) is 15.5. The number of para-hydroxylation sites is 1. The van der Waals surface area contributed by atoms with Crippen LogP contribution in [0.2, 0.25) is 0 Å². The molecule has 2 heterocycles. The van der Waals surface area contributed by atoms with E-state index in [1.54, 1.807) is 0 Å². The van der Waals surface area contributed by atoms with Gasteiger partial charge in [-0.2, -0.15) is 0 Å². The number of carbonyl (C=O) groups is 1. The first-order valence-electron chi connectivity index (χ1n) is 7.52. The molecule has 1 aromatic heterocycles. The zero-order valence-electron chi connectivity index (χ0n) is 12.8. The van der Waals surface area contributed by atoms with E-state index in [0.717, 1.165) is 31.4 Å². The fourth-order valence-electron chi connectivity index (χ4n) is 2.96. The molecule has 1 aliphatic heterocycles. The summed E-state index contributed by atoms with van der Waals surface area (Å²) in [4.78, 5) is 17.3. The van der Waals surface area contributed by atoms with Crippen LogP contribution in [0, 0.1) is 0 Å². The first-order chi connectivity index (χ1) is 10.7. The molecule has 1 aromatic carbocycles. The highest BCUT2D eigenvalue weighted by Crippen LogP contribution is 2.20. The van der Waals surface area contributed by atoms with Gasteiger partial charge in [-0.15, -0.1) is 0 Å². The number of benzene rings is 1. The topological polar surface area (TPSA) is 71.3 Å². The zero-order valence-corrected chi connectivity index (χ0v) is 12.8. The van der Waals surface area contributed by atoms with E-state index in [4.69, 9.17) is 10.5 Å². The molecule has 3 rings (SSSR count). The summed E-state index contributed by atoms with van der Waals surface area (Å²) in [6.45, 7) is 2.35. The summed E-state index contributed by atoms with van der Waals surface area (Å²) in [5.41, 5.74) is 9.66. The van der Waals surface area contributed by atoms with Crippen LogP contribution in [-0.4, -0.2) is 42.6 Å². The predicted molar refractivity (Wildman–Crippen MR) is 86.3 cm³/mol. The lowest BCUT2D eigenvalue weighted by molar-refractivity contribution is -0.136. The molecule has 0 amide bonds. The third-order valence-corrected chi connectivity index (χ3v) is 4.27. The third-order valence-electron chi connectivity index (χ3n) is 4.27. The van der Waals surface area contributed by atoms with E-state index >= 15 is 0 Å². The number of esters is 1. The molecule has 1 aliphatic rings. The van der Waals surface area contributed by atoms with E-state index in [2.05, 4.69) is 34.3 Å². The van der Waals surface area contributed by atoms with Crippen LogP contribution in [0.25, 0.3) is 10.9 Å². The van der Waals surface area contributed by atoms with Crippen LogP contribution in [0.1, 0.15) is 12.0 Å². The van der Waals surface area contributed by atoms with Crippen LogP contribution in [-0.2, 0) is 16.0 Å². The first kappa shape index (κ1) is 14.7. The van der Waals surface area contributed by atoms with Crippen molar-refractivity contribution in [3.63, 3.8) is 0 Å². The number of H-pyrrole nitrogens is 1. The Bertz CT molecular complexity index is 718. The van der Waals surface area contributed by atoms with Crippen LogP contribution >= 0.6 is 0 Å². The second kappa shape index (κ2) is 6.23. The van der Waals surface area contributed by atoms with Crippen LogP contribution < -0.4 is 5.73 Å². The number of rotatable bonds is 4. The highest BCUT2D eigenvalue weighted by molar-refractivity contribution is 5.89. The average Bonchev–Trinajstić information content (AvgIpc) is 2.96. The maximum absolute atomic E-state index is 11.7. The van der Waals surface area contributed by atoms with Crippen molar-refractivity contribution < 1.29 is 9.53 Å². The average molecular weight is 299 g/mol. The third kappa shape index (κ3) is 2.85. The first-order valence-corrected chi connectivity index (χ1v) is 7.52. The highest BCUT2D eigenvalue weighted by Gasteiger charge is 2.22. The largest absolute Gasteiger partial charge is 0.466 e. The Hall–Kier alpha value is -2.27. The van der Waals surface area contributed by atoms with E-state index in [9.17, 15) is 4.79 Å². The minimum atomic E-state index is -0.311. The van der Waals surface area contributed by atoms with Gasteiger partial charge in [0.2, 0.25) is 0 Å². The molecular formula is C17H21N3O2. The second-order valence-electron chi connectivity index (χ2n) is 5.63. The lowest BCUT2D eigenvalue weighted by atomic mass is 10.1. The van der Waals surface area contributed by atoms with Gasteiger partial charge in [0.25, 0.3) is 0 Å². The number of carbonyl (C=O) groups excluding carboxylic acids is 1. The number of hydrogen-bond acceptors (Lipinski definition) is 4. The molecule has 3 N–H and O–H groups in total. The van der Waals surface area contributed by atoms with Crippen LogP contribution in [0.5, 0.6) is 0 Å². The molecule has 2 aromatic rings. The predicted octanol–water partition coefficient (Wildman–Crippen LogP) is 1.80. The van der Waals surface area contributed by atoms with Crippen LogP contribution in [0.15, 0.2) is 41.7 Å². The molecular weight excluding hydrogens is 278 g/mol. The minimum Gasteiger partial charge on any atom is -0.466 e. The minimum absolute atomic E-state index is 0.311. The van der Waals surface area contributed by atoms with Gasteiger partial charge in [-0.05, 0) is 18.1 Å². The number of aromatic amines is 1. The van der Waals surface area contributed by atoms with Gasteiger partial charge in [-0.1, -0.05) is 18.2 Å². The molecule has 5 nitrogen and oxygen atoms in total. The maximum Gasteiger partial charge on any atom is 0.336 e. The Morgan fingerprint density at radius 2 is 2.23 bits per heavy atom. The normalized spacial score (nSPS) is 16.2. The monoisotopic (exact) mass is 299 g/mol. The second-order valence-corrected chi connectivity index (χ2v) is 5.63. The quantitative estimate of drug-likeness (QED) is 0.845. The lowest BCUT2D eigenvalue weighted by Gasteiger charge is -2.28. The summed E-state index contributed by atoms with van der Waals surface area (Å²) in [6.07, 6.45) is 3.73. The van der Waals surface area contributed by atoms with Gasteiger partial charge in [0.05, 0.1) is 12.7 Å². The Balaban J connectivity index is 1.66. The van der Waals surface area contributed by atoms with Crippen molar-refractivity contribution in [3.05, 3.63) is 47.3 Å². The van der Waals surface area contributed by atoms with Gasteiger partial charge in [-0.25, -0.2) is 4.79 Å². The molecule has 0 atom stereocenters. The van der Waals surface area contributed by atoms with E-state index in [1.807, 2.05) is 6.07 Å². The van der Waals surface area contributed by atoms with Crippen LogP contribution in [0.4, 0.5) is 0 Å². The van der Waals surface area contributed by atoms with Gasteiger partial charge in [0, 0.05) is 48.9 Å². The van der Waals surface area contributed by atoms with Crippen molar-refractivity contribution in [1.82, 2.24) is 9.88 Å². The molecule has 0 aliphatic carbocycles. The molecule has 0 spiro atoms. The van der Waals surface area contributed by atoms with Gasteiger partial charge < -0.3 is 15.5 Å². The molecule has 0 saturated heterocycles. The standard InChI is InChI=1S/C17H21N3O2/c1-22-17(21)14-11-20(9-7-15(14)18)8-6-12-10-19-16-5-3-2-4-13(12)16/h2-5,10,19H,6-9,11,18H2,1H3. The van der Waals surface area contributed by atoms with Crippen molar-refractivity contribution in [2.24, 2.45) is 5.73 Å². The Labute approximate surface area is 129 Å². The Kier molecular flexibility index (Phi) is 4.15. The summed E-state index contributed by atoms with van der Waals surface area (Å²) in [5.74, 6) is -0.311. The van der Waals surface area contributed by atoms with E-state index in [-0.39, 0.29) is 5.97 Å². The van der Waals surface area contributed by atoms with E-state index < -0.39 is 0 Å². The van der Waals surface area contributed by atoms with Gasteiger partial charge >= 0.3 is 5.97 Å². The molecule has 22 heavy (non-hydrogen) atoms. The SMILES string of the molecule is COC(=O)C1=C(N)CCN(CCc2c[nH]c3ccccc23)C1. The molecule has 5 heteroatoms. The molecule has 0 fully saturated rings. The summed E-state index contributed by atoms with van der Waals surface area (Å²) in [5, 5.41) is 1.27.